The lowest BCUT2D eigenvalue weighted by atomic mass is 9.96. The summed E-state index contributed by atoms with van der Waals surface area (Å²) in [5.41, 5.74) is 6.05. The van der Waals surface area contributed by atoms with Crippen molar-refractivity contribution in [2.24, 2.45) is 11.7 Å². The molecule has 1 heterocycles. The fourth-order valence-corrected chi connectivity index (χ4v) is 1.99. The highest BCUT2D eigenvalue weighted by Crippen LogP contribution is 2.14. The molecule has 0 amide bonds. The van der Waals surface area contributed by atoms with Crippen molar-refractivity contribution in [2.45, 2.75) is 12.5 Å². The number of hydrogen-bond acceptors (Lipinski definition) is 5. The number of nitrogens with two attached hydrogens (primary N) is 1. The van der Waals surface area contributed by atoms with Crippen LogP contribution in [0.2, 0.25) is 0 Å². The summed E-state index contributed by atoms with van der Waals surface area (Å²) in [6, 6.07) is 0.220. The summed E-state index contributed by atoms with van der Waals surface area (Å²) in [7, 11) is 1.69. The van der Waals surface area contributed by atoms with E-state index in [2.05, 4.69) is 4.90 Å². The van der Waals surface area contributed by atoms with Crippen molar-refractivity contribution >= 4 is 0 Å². The average molecular weight is 232 g/mol. The third-order valence-corrected chi connectivity index (χ3v) is 3.05. The largest absolute Gasteiger partial charge is 0.395 e. The van der Waals surface area contributed by atoms with E-state index >= 15 is 0 Å². The van der Waals surface area contributed by atoms with E-state index < -0.39 is 0 Å². The lowest BCUT2D eigenvalue weighted by molar-refractivity contribution is 0.0197. The highest BCUT2D eigenvalue weighted by molar-refractivity contribution is 4.79. The summed E-state index contributed by atoms with van der Waals surface area (Å²) in [6.45, 7) is 4.75. The Kier molecular flexibility index (Phi) is 6.91. The second kappa shape index (κ2) is 7.97. The molecule has 0 saturated carbocycles. The maximum absolute atomic E-state index is 8.99. The van der Waals surface area contributed by atoms with Crippen LogP contribution in [0.1, 0.15) is 6.42 Å². The normalized spacial score (nSPS) is 26.2. The molecule has 1 rings (SSSR count). The molecule has 0 radical (unpaired) electrons. The third kappa shape index (κ3) is 4.76. The van der Waals surface area contributed by atoms with Crippen LogP contribution in [0.25, 0.3) is 0 Å². The first-order valence-electron chi connectivity index (χ1n) is 5.93. The first-order chi connectivity index (χ1) is 7.77. The summed E-state index contributed by atoms with van der Waals surface area (Å²) in [4.78, 5) is 2.18. The lowest BCUT2D eigenvalue weighted by Crippen LogP contribution is -2.46. The topological polar surface area (TPSA) is 68.0 Å². The summed E-state index contributed by atoms with van der Waals surface area (Å²) in [6.07, 6.45) is 0.932. The molecule has 0 aliphatic carbocycles. The van der Waals surface area contributed by atoms with Crippen molar-refractivity contribution in [1.29, 1.82) is 0 Å². The Hall–Kier alpha value is -0.200. The zero-order valence-corrected chi connectivity index (χ0v) is 10.1. The van der Waals surface area contributed by atoms with E-state index in [4.69, 9.17) is 20.3 Å². The molecule has 1 aliphatic rings. The average Bonchev–Trinajstić information content (AvgIpc) is 2.29. The minimum Gasteiger partial charge on any atom is -0.395 e. The molecule has 5 heteroatoms. The molecule has 16 heavy (non-hydrogen) atoms. The fraction of sp³-hybridized carbons (Fsp3) is 1.00. The van der Waals surface area contributed by atoms with Crippen LogP contribution in [0.15, 0.2) is 0 Å². The van der Waals surface area contributed by atoms with Gasteiger partial charge in [-0.1, -0.05) is 0 Å². The maximum Gasteiger partial charge on any atom is 0.0589 e. The van der Waals surface area contributed by atoms with Gasteiger partial charge in [-0.15, -0.1) is 0 Å². The van der Waals surface area contributed by atoms with Gasteiger partial charge in [-0.25, -0.2) is 0 Å². The molecular weight excluding hydrogens is 208 g/mol. The Morgan fingerprint density at radius 1 is 1.50 bits per heavy atom. The summed E-state index contributed by atoms with van der Waals surface area (Å²) in [5.74, 6) is 0.372. The van der Waals surface area contributed by atoms with Crippen LogP contribution >= 0.6 is 0 Å². The van der Waals surface area contributed by atoms with Gasteiger partial charge < -0.3 is 20.3 Å². The molecule has 1 saturated heterocycles. The van der Waals surface area contributed by atoms with Crippen molar-refractivity contribution in [3.05, 3.63) is 0 Å². The lowest BCUT2D eigenvalue weighted by Gasteiger charge is -2.33. The van der Waals surface area contributed by atoms with Gasteiger partial charge in [-0.2, -0.15) is 0 Å². The van der Waals surface area contributed by atoms with E-state index in [9.17, 15) is 0 Å². The van der Waals surface area contributed by atoms with Crippen molar-refractivity contribution in [1.82, 2.24) is 4.90 Å². The van der Waals surface area contributed by atoms with Gasteiger partial charge in [0.05, 0.1) is 19.8 Å². The van der Waals surface area contributed by atoms with E-state index in [0.29, 0.717) is 19.1 Å². The standard InChI is InChI=1S/C11H24N2O3/c1-15-7-4-13(3-5-14)8-10-9-16-6-2-11(10)12/h10-11,14H,2-9,12H2,1H3. The summed E-state index contributed by atoms with van der Waals surface area (Å²) < 4.78 is 10.5. The smallest absolute Gasteiger partial charge is 0.0589 e. The SMILES string of the molecule is COCCN(CCO)CC1COCCC1N. The molecule has 3 N–H and O–H groups in total. The Morgan fingerprint density at radius 3 is 2.94 bits per heavy atom. The molecule has 0 aromatic heterocycles. The number of hydrogen-bond donors (Lipinski definition) is 2. The molecule has 1 aliphatic heterocycles. The number of methoxy groups -OCH3 is 1. The number of aliphatic hydroxyl groups is 1. The number of ether oxygens (including phenoxy) is 2. The van der Waals surface area contributed by atoms with Gasteiger partial charge in [-0.05, 0) is 6.42 Å². The minimum absolute atomic E-state index is 0.173. The number of aliphatic hydroxyl groups excluding tert-OH is 1. The predicted octanol–water partition coefficient (Wildman–Crippen LogP) is -0.709. The molecule has 5 nitrogen and oxygen atoms in total. The van der Waals surface area contributed by atoms with Crippen LogP contribution in [0.4, 0.5) is 0 Å². The quantitative estimate of drug-likeness (QED) is 0.607. The fourth-order valence-electron chi connectivity index (χ4n) is 1.99. The predicted molar refractivity (Wildman–Crippen MR) is 62.3 cm³/mol. The monoisotopic (exact) mass is 232 g/mol. The first-order valence-corrected chi connectivity index (χ1v) is 5.93. The number of rotatable bonds is 7. The second-order valence-corrected chi connectivity index (χ2v) is 4.30. The van der Waals surface area contributed by atoms with Crippen LogP contribution in [-0.4, -0.2) is 69.2 Å². The molecule has 0 aromatic rings. The molecule has 1 fully saturated rings. The van der Waals surface area contributed by atoms with Crippen molar-refractivity contribution < 1.29 is 14.6 Å². The molecule has 2 atom stereocenters. The van der Waals surface area contributed by atoms with E-state index in [1.807, 2.05) is 0 Å². The third-order valence-electron chi connectivity index (χ3n) is 3.05. The Morgan fingerprint density at radius 2 is 2.31 bits per heavy atom. The zero-order valence-electron chi connectivity index (χ0n) is 10.1. The Labute approximate surface area is 97.5 Å². The molecule has 0 bridgehead atoms. The highest BCUT2D eigenvalue weighted by atomic mass is 16.5. The van der Waals surface area contributed by atoms with E-state index in [1.165, 1.54) is 0 Å². The van der Waals surface area contributed by atoms with Gasteiger partial charge in [0.2, 0.25) is 0 Å². The van der Waals surface area contributed by atoms with Crippen LogP contribution in [0, 0.1) is 5.92 Å². The minimum atomic E-state index is 0.173. The van der Waals surface area contributed by atoms with Crippen molar-refractivity contribution in [3.8, 4) is 0 Å². The summed E-state index contributed by atoms with van der Waals surface area (Å²) >= 11 is 0. The second-order valence-electron chi connectivity index (χ2n) is 4.30. The van der Waals surface area contributed by atoms with Crippen molar-refractivity contribution in [3.63, 3.8) is 0 Å². The van der Waals surface area contributed by atoms with E-state index in [0.717, 1.165) is 32.7 Å². The van der Waals surface area contributed by atoms with E-state index in [1.54, 1.807) is 7.11 Å². The van der Waals surface area contributed by atoms with E-state index in [-0.39, 0.29) is 12.6 Å². The molecule has 96 valence electrons. The number of nitrogens with zero attached hydrogens (tertiary/aromatic N) is 1. The molecule has 0 spiro atoms. The van der Waals surface area contributed by atoms with Gasteiger partial charge in [0.1, 0.15) is 0 Å². The van der Waals surface area contributed by atoms with Crippen molar-refractivity contribution in [2.75, 3.05) is 53.2 Å². The van der Waals surface area contributed by atoms with Crippen LogP contribution in [0.5, 0.6) is 0 Å². The van der Waals surface area contributed by atoms with Gasteiger partial charge in [-0.3, -0.25) is 4.90 Å². The molecular formula is C11H24N2O3. The highest BCUT2D eigenvalue weighted by Gasteiger charge is 2.24. The summed E-state index contributed by atoms with van der Waals surface area (Å²) in [5, 5.41) is 8.99. The Bertz CT molecular complexity index is 181. The van der Waals surface area contributed by atoms with Crippen LogP contribution in [-0.2, 0) is 9.47 Å². The van der Waals surface area contributed by atoms with Crippen LogP contribution in [0.3, 0.4) is 0 Å². The van der Waals surface area contributed by atoms with Crippen LogP contribution < -0.4 is 5.73 Å². The molecule has 2 unspecified atom stereocenters. The molecule has 0 aromatic carbocycles. The first kappa shape index (κ1) is 13.9. The van der Waals surface area contributed by atoms with Gasteiger partial charge >= 0.3 is 0 Å². The van der Waals surface area contributed by atoms with Gasteiger partial charge in [0, 0.05) is 45.3 Å². The van der Waals surface area contributed by atoms with Gasteiger partial charge in [0.25, 0.3) is 0 Å². The maximum atomic E-state index is 8.99. The van der Waals surface area contributed by atoms with Gasteiger partial charge in [0.15, 0.2) is 0 Å². The Balaban J connectivity index is 2.33. The zero-order chi connectivity index (χ0) is 11.8.